The molecule has 0 aliphatic carbocycles. The molecular formula is C33H40F4NO5P. The van der Waals surface area contributed by atoms with Gasteiger partial charge in [0.2, 0.25) is 0 Å². The number of unbranched alkanes of at least 4 members (excludes halogenated alkanes) is 5. The summed E-state index contributed by atoms with van der Waals surface area (Å²) >= 11 is 0. The van der Waals surface area contributed by atoms with E-state index in [1.54, 1.807) is 12.1 Å². The zero-order valence-corrected chi connectivity index (χ0v) is 26.1. The summed E-state index contributed by atoms with van der Waals surface area (Å²) in [6.07, 6.45) is 5.95. The Labute approximate surface area is 256 Å². The Morgan fingerprint density at radius 1 is 0.864 bits per heavy atom. The molecule has 11 heteroatoms. The van der Waals surface area contributed by atoms with Gasteiger partial charge in [-0.25, -0.2) is 0 Å². The highest BCUT2D eigenvalue weighted by Gasteiger charge is 2.70. The van der Waals surface area contributed by atoms with Crippen molar-refractivity contribution in [1.82, 2.24) is 0 Å². The van der Waals surface area contributed by atoms with Crippen molar-refractivity contribution in [2.45, 2.75) is 83.4 Å². The van der Waals surface area contributed by atoms with E-state index in [1.807, 2.05) is 24.3 Å². The van der Waals surface area contributed by atoms with Crippen molar-refractivity contribution in [3.63, 3.8) is 0 Å². The van der Waals surface area contributed by atoms with Gasteiger partial charge in [0.25, 0.3) is 5.91 Å². The van der Waals surface area contributed by atoms with Gasteiger partial charge in [0.15, 0.2) is 0 Å². The Morgan fingerprint density at radius 3 is 2.05 bits per heavy atom. The highest BCUT2D eigenvalue weighted by atomic mass is 31.2. The number of carbonyl (C=O) groups is 1. The third-order valence-electron chi connectivity index (χ3n) is 7.25. The minimum Gasteiger partial charge on any atom is -0.494 e. The van der Waals surface area contributed by atoms with E-state index in [-0.39, 0.29) is 12.0 Å². The van der Waals surface area contributed by atoms with Crippen molar-refractivity contribution in [1.29, 1.82) is 0 Å². The first kappa shape index (κ1) is 35.3. The molecule has 3 aromatic carbocycles. The Hall–Kier alpha value is -3.20. The van der Waals surface area contributed by atoms with Crippen molar-refractivity contribution in [3.8, 4) is 16.9 Å². The van der Waals surface area contributed by atoms with E-state index in [1.165, 1.54) is 57.7 Å². The minimum absolute atomic E-state index is 0.0523. The second-order valence-corrected chi connectivity index (χ2v) is 12.5. The van der Waals surface area contributed by atoms with Gasteiger partial charge in [-0.1, -0.05) is 88.4 Å². The van der Waals surface area contributed by atoms with Gasteiger partial charge in [0.1, 0.15) is 5.75 Å². The zero-order valence-electron chi connectivity index (χ0n) is 25.2. The maximum absolute atomic E-state index is 15.2. The normalized spacial score (nSPS) is 14.1. The highest BCUT2D eigenvalue weighted by Crippen LogP contribution is 2.67. The number of carbonyl (C=O) groups excluding carboxylic acids is 1. The number of benzene rings is 3. The highest BCUT2D eigenvalue weighted by molar-refractivity contribution is 7.54. The number of para-hydroxylation sites is 1. The first-order valence-electron chi connectivity index (χ1n) is 14.8. The lowest BCUT2D eigenvalue weighted by Gasteiger charge is -2.31. The minimum atomic E-state index is -6.12. The van der Waals surface area contributed by atoms with Crippen LogP contribution in [0.3, 0.4) is 0 Å². The molecule has 0 aromatic heterocycles. The van der Waals surface area contributed by atoms with Crippen molar-refractivity contribution in [3.05, 3.63) is 83.9 Å². The summed E-state index contributed by atoms with van der Waals surface area (Å²) in [7, 11) is -6.12. The second kappa shape index (κ2) is 15.7. The number of halogens is 4. The smallest absolute Gasteiger partial charge is 0.411 e. The molecule has 6 nitrogen and oxygen atoms in total. The number of hydrogen-bond donors (Lipinski definition) is 2. The fraction of sp³-hybridized carbons (Fsp3) is 0.424. The van der Waals surface area contributed by atoms with Crippen LogP contribution in [0.4, 0.5) is 23.2 Å². The Balaban J connectivity index is 1.68. The van der Waals surface area contributed by atoms with Crippen LogP contribution in [0.1, 0.15) is 81.6 Å². The molecule has 0 saturated heterocycles. The van der Waals surface area contributed by atoms with E-state index in [2.05, 4.69) is 16.8 Å². The van der Waals surface area contributed by atoms with Crippen LogP contribution in [-0.2, 0) is 15.0 Å². The zero-order chi connectivity index (χ0) is 32.4. The Bertz CT molecular complexity index is 1400. The molecule has 240 valence electrons. The van der Waals surface area contributed by atoms with Crippen molar-refractivity contribution in [2.24, 2.45) is 0 Å². The van der Waals surface area contributed by atoms with Gasteiger partial charge in [-0.2, -0.15) is 17.6 Å². The molecule has 2 N–H and O–H groups in total. The Kier molecular flexibility index (Phi) is 12.6. The SMILES string of the molecule is CCCCCCCCOc1ccc(-c2ccc(C(=O)Nc3ccccc3C(F)(F)C(F)(F)P(=O)(O)OC(C)CC)cc2)cc1. The molecule has 44 heavy (non-hydrogen) atoms. The molecule has 0 radical (unpaired) electrons. The fourth-order valence-electron chi connectivity index (χ4n) is 4.41. The quantitative estimate of drug-likeness (QED) is 0.0874. The number of nitrogens with one attached hydrogen (secondary N) is 1. The number of rotatable bonds is 17. The van der Waals surface area contributed by atoms with Gasteiger partial charge in [-0.3, -0.25) is 9.36 Å². The van der Waals surface area contributed by atoms with E-state index >= 15 is 8.78 Å². The largest absolute Gasteiger partial charge is 0.494 e. The van der Waals surface area contributed by atoms with Gasteiger partial charge in [-0.05, 0) is 61.2 Å². The van der Waals surface area contributed by atoms with Gasteiger partial charge in [0.05, 0.1) is 24.0 Å². The van der Waals surface area contributed by atoms with Crippen molar-refractivity contribution in [2.75, 3.05) is 11.9 Å². The van der Waals surface area contributed by atoms with Crippen LogP contribution >= 0.6 is 7.60 Å². The van der Waals surface area contributed by atoms with Crippen LogP contribution in [0.15, 0.2) is 72.8 Å². The average Bonchev–Trinajstić information content (AvgIpc) is 3.00. The summed E-state index contributed by atoms with van der Waals surface area (Å²) in [5.74, 6) is -5.23. The van der Waals surface area contributed by atoms with Crippen LogP contribution < -0.4 is 10.1 Å². The predicted molar refractivity (Wildman–Crippen MR) is 165 cm³/mol. The molecule has 3 aromatic rings. The number of amides is 1. The number of anilines is 1. The first-order valence-corrected chi connectivity index (χ1v) is 16.4. The second-order valence-electron chi connectivity index (χ2n) is 10.7. The van der Waals surface area contributed by atoms with E-state index in [0.29, 0.717) is 12.7 Å². The number of alkyl halides is 4. The molecule has 0 heterocycles. The standard InChI is InChI=1S/C33H40F4NO5P/c1-4-6-7-8-9-12-23-42-28-21-19-26(20-22-28)25-15-17-27(18-16-25)31(39)38-30-14-11-10-13-29(30)32(34,35)33(36,37)44(40,41)43-24(3)5-2/h10-11,13-22,24H,4-9,12,23H2,1-3H3,(H,38,39)(H,40,41). The lowest BCUT2D eigenvalue weighted by atomic mass is 10.0. The van der Waals surface area contributed by atoms with Crippen molar-refractivity contribution < 1.29 is 41.1 Å². The van der Waals surface area contributed by atoms with E-state index < -0.39 is 42.4 Å². The topological polar surface area (TPSA) is 84.9 Å². The molecule has 0 fully saturated rings. The summed E-state index contributed by atoms with van der Waals surface area (Å²) in [4.78, 5) is 22.7. The van der Waals surface area contributed by atoms with E-state index in [4.69, 9.17) is 4.74 Å². The number of ether oxygens (including phenoxy) is 1. The summed E-state index contributed by atoms with van der Waals surface area (Å²) in [6.45, 7) is 5.54. The third-order valence-corrected chi connectivity index (χ3v) is 8.88. The molecule has 0 spiro atoms. The Morgan fingerprint density at radius 2 is 1.43 bits per heavy atom. The van der Waals surface area contributed by atoms with Crippen LogP contribution in [0.2, 0.25) is 0 Å². The molecule has 2 atom stereocenters. The lowest BCUT2D eigenvalue weighted by Crippen LogP contribution is -2.39. The molecule has 0 aliphatic heterocycles. The van der Waals surface area contributed by atoms with E-state index in [0.717, 1.165) is 41.9 Å². The summed E-state index contributed by atoms with van der Waals surface area (Å²) in [6, 6.07) is 17.8. The molecule has 0 aliphatic rings. The molecular weight excluding hydrogens is 597 g/mol. The van der Waals surface area contributed by atoms with Crippen LogP contribution in [0.25, 0.3) is 11.1 Å². The lowest BCUT2D eigenvalue weighted by molar-refractivity contribution is -0.176. The molecule has 0 bridgehead atoms. The molecule has 0 saturated carbocycles. The van der Waals surface area contributed by atoms with E-state index in [9.17, 15) is 23.0 Å². The first-order chi connectivity index (χ1) is 20.8. The monoisotopic (exact) mass is 637 g/mol. The molecule has 3 rings (SSSR count). The molecule has 1 amide bonds. The average molecular weight is 638 g/mol. The van der Waals surface area contributed by atoms with Gasteiger partial charge < -0.3 is 19.5 Å². The maximum atomic E-state index is 15.2. The summed E-state index contributed by atoms with van der Waals surface area (Å²) in [5, 5.41) is 2.23. The summed E-state index contributed by atoms with van der Waals surface area (Å²) in [5.41, 5.74) is -5.69. The predicted octanol–water partition coefficient (Wildman–Crippen LogP) is 10.0. The van der Waals surface area contributed by atoms with Gasteiger partial charge >= 0.3 is 19.2 Å². The van der Waals surface area contributed by atoms with Gasteiger partial charge in [-0.15, -0.1) is 0 Å². The van der Waals surface area contributed by atoms with Crippen LogP contribution in [0.5, 0.6) is 5.75 Å². The van der Waals surface area contributed by atoms with Crippen LogP contribution in [0, 0.1) is 0 Å². The van der Waals surface area contributed by atoms with Crippen molar-refractivity contribution >= 4 is 19.2 Å². The maximum Gasteiger partial charge on any atom is 0.411 e. The van der Waals surface area contributed by atoms with Crippen LogP contribution in [-0.4, -0.2) is 29.2 Å². The number of hydrogen-bond acceptors (Lipinski definition) is 4. The van der Waals surface area contributed by atoms with Gasteiger partial charge in [0, 0.05) is 5.56 Å². The molecule has 2 unspecified atom stereocenters. The fourth-order valence-corrected chi connectivity index (χ4v) is 5.66. The third kappa shape index (κ3) is 8.71. The summed E-state index contributed by atoms with van der Waals surface area (Å²) < 4.78 is 82.6.